The SMILES string of the molecule is CCCCC/C=C\C/C=C\CC1OC1C/C=C\CCCC(=O)N[C@@H](COP(=O)([O-])OCC[N+](C)(C)C)[C@H](O)/C=C/CCCCCCCCCCCCCCC. The molecule has 1 rings (SSSR count). The summed E-state index contributed by atoms with van der Waals surface area (Å²) in [5.74, 6) is -0.259. The Morgan fingerprint density at radius 3 is 1.84 bits per heavy atom. The predicted octanol–water partition coefficient (Wildman–Crippen LogP) is 10.4. The zero-order valence-corrected chi connectivity index (χ0v) is 36.7. The number of hydrogen-bond donors (Lipinski definition) is 2. The summed E-state index contributed by atoms with van der Waals surface area (Å²) in [6.45, 7) is 4.55. The molecule has 2 N–H and O–H groups in total. The molecular formula is C45H83N2O7P. The van der Waals surface area contributed by atoms with E-state index in [0.29, 0.717) is 23.6 Å². The topological polar surface area (TPSA) is 120 Å². The number of hydrogen-bond acceptors (Lipinski definition) is 7. The van der Waals surface area contributed by atoms with Gasteiger partial charge in [0.1, 0.15) is 13.2 Å². The highest BCUT2D eigenvalue weighted by molar-refractivity contribution is 7.45. The number of carbonyl (C=O) groups is 1. The van der Waals surface area contributed by atoms with E-state index < -0.39 is 26.6 Å². The first kappa shape index (κ1) is 51.4. The summed E-state index contributed by atoms with van der Waals surface area (Å²) in [5.41, 5.74) is 0. The average Bonchev–Trinajstić information content (AvgIpc) is 3.89. The maximum atomic E-state index is 12.9. The lowest BCUT2D eigenvalue weighted by Crippen LogP contribution is -2.45. The molecule has 320 valence electrons. The number of nitrogens with zero attached hydrogens (tertiary/aromatic N) is 1. The molecule has 0 aromatic heterocycles. The molecule has 0 radical (unpaired) electrons. The van der Waals surface area contributed by atoms with E-state index in [-0.39, 0.29) is 25.0 Å². The third-order valence-corrected chi connectivity index (χ3v) is 10.9. The second-order valence-electron chi connectivity index (χ2n) is 16.4. The molecule has 0 aromatic rings. The molecule has 9 nitrogen and oxygen atoms in total. The van der Waals surface area contributed by atoms with E-state index in [1.54, 1.807) is 6.08 Å². The monoisotopic (exact) mass is 795 g/mol. The van der Waals surface area contributed by atoms with E-state index >= 15 is 0 Å². The van der Waals surface area contributed by atoms with Crippen molar-refractivity contribution in [2.45, 2.75) is 192 Å². The van der Waals surface area contributed by atoms with Crippen molar-refractivity contribution in [1.82, 2.24) is 5.32 Å². The number of carbonyl (C=O) groups excluding carboxylic acids is 1. The van der Waals surface area contributed by atoms with Crippen LogP contribution >= 0.6 is 7.82 Å². The van der Waals surface area contributed by atoms with Crippen LogP contribution in [0.3, 0.4) is 0 Å². The second-order valence-corrected chi connectivity index (χ2v) is 17.8. The molecule has 0 spiro atoms. The van der Waals surface area contributed by atoms with Crippen molar-refractivity contribution in [3.05, 3.63) is 48.6 Å². The Morgan fingerprint density at radius 1 is 0.727 bits per heavy atom. The minimum absolute atomic E-state index is 0.0158. The summed E-state index contributed by atoms with van der Waals surface area (Å²) in [5, 5.41) is 13.7. The van der Waals surface area contributed by atoms with Crippen molar-refractivity contribution >= 4 is 13.7 Å². The molecule has 3 unspecified atom stereocenters. The number of phosphoric ester groups is 1. The minimum Gasteiger partial charge on any atom is -0.756 e. The Labute approximate surface area is 337 Å². The lowest BCUT2D eigenvalue weighted by molar-refractivity contribution is -0.870. The summed E-state index contributed by atoms with van der Waals surface area (Å²) in [4.78, 5) is 25.3. The van der Waals surface area contributed by atoms with Crippen LogP contribution in [0.1, 0.15) is 168 Å². The van der Waals surface area contributed by atoms with Crippen LogP contribution in [0.5, 0.6) is 0 Å². The smallest absolute Gasteiger partial charge is 0.268 e. The van der Waals surface area contributed by atoms with Crippen LogP contribution in [-0.2, 0) is 23.1 Å². The van der Waals surface area contributed by atoms with Crippen LogP contribution in [0, 0.1) is 0 Å². The zero-order chi connectivity index (χ0) is 40.5. The lowest BCUT2D eigenvalue weighted by Gasteiger charge is -2.29. The summed E-state index contributed by atoms with van der Waals surface area (Å²) in [6, 6.07) is -0.921. The van der Waals surface area contributed by atoms with E-state index in [4.69, 9.17) is 13.8 Å². The molecule has 0 saturated carbocycles. The number of rotatable bonds is 38. The first-order valence-electron chi connectivity index (χ1n) is 22.1. The number of quaternary nitrogens is 1. The van der Waals surface area contributed by atoms with Gasteiger partial charge in [0.05, 0.1) is 52.1 Å². The van der Waals surface area contributed by atoms with Crippen LogP contribution in [0.2, 0.25) is 0 Å². The largest absolute Gasteiger partial charge is 0.756 e. The van der Waals surface area contributed by atoms with Crippen molar-refractivity contribution < 1.29 is 37.6 Å². The highest BCUT2D eigenvalue weighted by Crippen LogP contribution is 2.38. The molecule has 55 heavy (non-hydrogen) atoms. The quantitative estimate of drug-likeness (QED) is 0.0210. The highest BCUT2D eigenvalue weighted by Gasteiger charge is 2.36. The molecule has 1 fully saturated rings. The lowest BCUT2D eigenvalue weighted by atomic mass is 10.0. The van der Waals surface area contributed by atoms with Gasteiger partial charge in [-0.2, -0.15) is 0 Å². The first-order valence-corrected chi connectivity index (χ1v) is 23.6. The Hall–Kier alpha value is -1.58. The molecule has 1 heterocycles. The standard InChI is InChI=1S/C45H83N2O7P/c1-6-8-10-12-14-16-17-18-19-20-21-23-24-26-30-34-42(48)41(40-53-55(50,51)52-39-38-47(3,4)5)46-45(49)37-33-29-28-32-36-44-43(54-44)35-31-27-25-22-15-13-11-9-7-2/h15,22,27-28,30-32,34,41-44,48H,6-14,16-21,23-26,29,33,35-40H2,1-5H3,(H-,46,49,50,51)/b22-15-,31-27-,32-28-,34-30+/t41-,42+,43?,44?/m0/s1. The van der Waals surface area contributed by atoms with Crippen LogP contribution in [0.15, 0.2) is 48.6 Å². The molecule has 1 aliphatic rings. The van der Waals surface area contributed by atoms with Gasteiger partial charge < -0.3 is 33.6 Å². The number of phosphoric acid groups is 1. The van der Waals surface area contributed by atoms with E-state index in [9.17, 15) is 19.4 Å². The summed E-state index contributed by atoms with van der Waals surface area (Å²) < 4.78 is 29.0. The van der Waals surface area contributed by atoms with Gasteiger partial charge in [-0.1, -0.05) is 152 Å². The number of unbranched alkanes of at least 4 members (excludes halogenated alkanes) is 17. The molecule has 0 aromatic carbocycles. The fourth-order valence-corrected chi connectivity index (χ4v) is 6.97. The van der Waals surface area contributed by atoms with Gasteiger partial charge in [0, 0.05) is 6.42 Å². The minimum atomic E-state index is -4.61. The Bertz CT molecular complexity index is 1100. The fraction of sp³-hybridized carbons (Fsp3) is 0.800. The number of nitrogens with one attached hydrogen (secondary N) is 1. The average molecular weight is 795 g/mol. The molecule has 1 aliphatic heterocycles. The maximum Gasteiger partial charge on any atom is 0.268 e. The number of likely N-dealkylation sites (N-methyl/N-ethyl adjacent to an activating group) is 1. The fourth-order valence-electron chi connectivity index (χ4n) is 6.24. The van der Waals surface area contributed by atoms with E-state index in [2.05, 4.69) is 55.6 Å². The van der Waals surface area contributed by atoms with Crippen molar-refractivity contribution in [3.63, 3.8) is 0 Å². The van der Waals surface area contributed by atoms with E-state index in [1.165, 1.54) is 96.3 Å². The van der Waals surface area contributed by atoms with Gasteiger partial charge in [-0.05, 0) is 57.8 Å². The highest BCUT2D eigenvalue weighted by atomic mass is 31.2. The third kappa shape index (κ3) is 33.1. The molecule has 1 amide bonds. The van der Waals surface area contributed by atoms with Gasteiger partial charge in [-0.25, -0.2) is 0 Å². The van der Waals surface area contributed by atoms with Crippen LogP contribution in [0.25, 0.3) is 0 Å². The Kier molecular flexibility index (Phi) is 31.2. The number of ether oxygens (including phenoxy) is 1. The number of epoxide rings is 1. The van der Waals surface area contributed by atoms with Crippen molar-refractivity contribution in [2.75, 3.05) is 40.9 Å². The van der Waals surface area contributed by atoms with Gasteiger partial charge in [0.15, 0.2) is 0 Å². The summed E-state index contributed by atoms with van der Waals surface area (Å²) in [6.07, 6.45) is 43.2. The molecule has 1 saturated heterocycles. The van der Waals surface area contributed by atoms with Gasteiger partial charge in [-0.3, -0.25) is 9.36 Å². The first-order chi connectivity index (χ1) is 26.5. The zero-order valence-electron chi connectivity index (χ0n) is 35.8. The van der Waals surface area contributed by atoms with Crippen molar-refractivity contribution in [3.8, 4) is 0 Å². The van der Waals surface area contributed by atoms with Gasteiger partial charge in [0.25, 0.3) is 7.82 Å². The van der Waals surface area contributed by atoms with Gasteiger partial charge >= 0.3 is 0 Å². The van der Waals surface area contributed by atoms with Crippen molar-refractivity contribution in [2.24, 2.45) is 0 Å². The number of aliphatic hydroxyl groups is 1. The van der Waals surface area contributed by atoms with Crippen LogP contribution in [0.4, 0.5) is 0 Å². The summed E-state index contributed by atoms with van der Waals surface area (Å²) in [7, 11) is 1.21. The van der Waals surface area contributed by atoms with E-state index in [1.807, 2.05) is 27.2 Å². The number of amides is 1. The predicted molar refractivity (Wildman–Crippen MR) is 228 cm³/mol. The third-order valence-electron chi connectivity index (χ3n) is 9.94. The molecule has 0 aliphatic carbocycles. The summed E-state index contributed by atoms with van der Waals surface area (Å²) >= 11 is 0. The van der Waals surface area contributed by atoms with Crippen molar-refractivity contribution in [1.29, 1.82) is 0 Å². The molecule has 10 heteroatoms. The van der Waals surface area contributed by atoms with Crippen LogP contribution in [-0.4, -0.2) is 80.8 Å². The van der Waals surface area contributed by atoms with Gasteiger partial charge in [-0.15, -0.1) is 0 Å². The molecular weight excluding hydrogens is 711 g/mol. The number of aliphatic hydroxyl groups excluding tert-OH is 1. The van der Waals surface area contributed by atoms with E-state index in [0.717, 1.165) is 44.9 Å². The second kappa shape index (κ2) is 33.4. The molecule has 0 bridgehead atoms. The maximum absolute atomic E-state index is 12.9. The van der Waals surface area contributed by atoms with Gasteiger partial charge in [0.2, 0.25) is 5.91 Å². The Morgan fingerprint density at radius 2 is 1.22 bits per heavy atom. The number of allylic oxidation sites excluding steroid dienone is 5. The van der Waals surface area contributed by atoms with Crippen LogP contribution < -0.4 is 10.2 Å². The normalized spacial score (nSPS) is 18.5. The molecule has 5 atom stereocenters. The Balaban J connectivity index is 2.39.